The van der Waals surface area contributed by atoms with E-state index in [0.29, 0.717) is 12.0 Å². The van der Waals surface area contributed by atoms with Crippen LogP contribution in [0.4, 0.5) is 0 Å². The molecule has 94 valence electrons. The first-order valence-electron chi connectivity index (χ1n) is 6.72. The van der Waals surface area contributed by atoms with Crippen molar-refractivity contribution < 1.29 is 4.74 Å². The van der Waals surface area contributed by atoms with E-state index in [2.05, 4.69) is 24.3 Å². The van der Waals surface area contributed by atoms with Crippen LogP contribution in [0.1, 0.15) is 43.2 Å². The highest BCUT2D eigenvalue weighted by atomic mass is 16.5. The van der Waals surface area contributed by atoms with Crippen LogP contribution in [0.25, 0.3) is 0 Å². The van der Waals surface area contributed by atoms with Crippen LogP contribution in [-0.4, -0.2) is 19.3 Å². The SMILES string of the molecule is CCOCCCC(N)CC1Cc2ccccc21. The van der Waals surface area contributed by atoms with Crippen LogP contribution < -0.4 is 5.73 Å². The molecule has 2 N–H and O–H groups in total. The lowest BCUT2D eigenvalue weighted by Crippen LogP contribution is -2.28. The molecule has 1 aromatic carbocycles. The summed E-state index contributed by atoms with van der Waals surface area (Å²) < 4.78 is 5.33. The summed E-state index contributed by atoms with van der Waals surface area (Å²) in [5.74, 6) is 0.702. The summed E-state index contributed by atoms with van der Waals surface area (Å²) in [5.41, 5.74) is 9.20. The third-order valence-electron chi connectivity index (χ3n) is 3.62. The molecular formula is C15H23NO. The van der Waals surface area contributed by atoms with Crippen molar-refractivity contribution in [1.82, 2.24) is 0 Å². The van der Waals surface area contributed by atoms with Crippen LogP contribution in [0.3, 0.4) is 0 Å². The van der Waals surface area contributed by atoms with Crippen molar-refractivity contribution in [3.63, 3.8) is 0 Å². The number of hydrogen-bond acceptors (Lipinski definition) is 2. The Bertz CT molecular complexity index is 351. The minimum absolute atomic E-state index is 0.328. The smallest absolute Gasteiger partial charge is 0.0466 e. The van der Waals surface area contributed by atoms with E-state index >= 15 is 0 Å². The van der Waals surface area contributed by atoms with Gasteiger partial charge in [-0.3, -0.25) is 0 Å². The summed E-state index contributed by atoms with van der Waals surface area (Å²) in [6, 6.07) is 9.06. The minimum atomic E-state index is 0.328. The number of fused-ring (bicyclic) bond motifs is 1. The summed E-state index contributed by atoms with van der Waals surface area (Å²) in [4.78, 5) is 0. The van der Waals surface area contributed by atoms with Crippen molar-refractivity contribution in [1.29, 1.82) is 0 Å². The molecular weight excluding hydrogens is 210 g/mol. The second-order valence-electron chi connectivity index (χ2n) is 4.93. The highest BCUT2D eigenvalue weighted by Gasteiger charge is 2.26. The van der Waals surface area contributed by atoms with Gasteiger partial charge in [-0.15, -0.1) is 0 Å². The summed E-state index contributed by atoms with van der Waals surface area (Å²) in [5, 5.41) is 0. The van der Waals surface area contributed by atoms with Gasteiger partial charge in [-0.25, -0.2) is 0 Å². The Kier molecular flexibility index (Phi) is 4.57. The second kappa shape index (κ2) is 6.18. The van der Waals surface area contributed by atoms with Crippen molar-refractivity contribution in [2.45, 2.75) is 44.6 Å². The maximum absolute atomic E-state index is 6.17. The Morgan fingerprint density at radius 3 is 3.00 bits per heavy atom. The van der Waals surface area contributed by atoms with Crippen LogP contribution in [0, 0.1) is 0 Å². The average molecular weight is 233 g/mol. The van der Waals surface area contributed by atoms with E-state index < -0.39 is 0 Å². The minimum Gasteiger partial charge on any atom is -0.382 e. The van der Waals surface area contributed by atoms with E-state index in [-0.39, 0.29) is 0 Å². The van der Waals surface area contributed by atoms with Crippen LogP contribution in [-0.2, 0) is 11.2 Å². The van der Waals surface area contributed by atoms with Gasteiger partial charge < -0.3 is 10.5 Å². The molecule has 0 aromatic heterocycles. The first-order chi connectivity index (χ1) is 8.31. The first kappa shape index (κ1) is 12.6. The highest BCUT2D eigenvalue weighted by Crippen LogP contribution is 2.38. The Labute approximate surface area is 104 Å². The van der Waals surface area contributed by atoms with Crippen molar-refractivity contribution in [2.24, 2.45) is 5.73 Å². The molecule has 0 amide bonds. The van der Waals surface area contributed by atoms with Gasteiger partial charge in [0.25, 0.3) is 0 Å². The summed E-state index contributed by atoms with van der Waals surface area (Å²) >= 11 is 0. The lowest BCUT2D eigenvalue weighted by molar-refractivity contribution is 0.141. The summed E-state index contributed by atoms with van der Waals surface area (Å²) in [6.07, 6.45) is 4.51. The molecule has 0 aliphatic heterocycles. The van der Waals surface area contributed by atoms with E-state index in [0.717, 1.165) is 32.5 Å². The largest absolute Gasteiger partial charge is 0.382 e. The van der Waals surface area contributed by atoms with Gasteiger partial charge in [-0.05, 0) is 49.7 Å². The third kappa shape index (κ3) is 3.30. The number of rotatable bonds is 7. The predicted molar refractivity (Wildman–Crippen MR) is 71.2 cm³/mol. The van der Waals surface area contributed by atoms with Gasteiger partial charge in [0.05, 0.1) is 0 Å². The van der Waals surface area contributed by atoms with Gasteiger partial charge in [0.1, 0.15) is 0 Å². The molecule has 1 aromatic rings. The molecule has 0 spiro atoms. The van der Waals surface area contributed by atoms with Crippen molar-refractivity contribution in [2.75, 3.05) is 13.2 Å². The van der Waals surface area contributed by atoms with Gasteiger partial charge in [-0.2, -0.15) is 0 Å². The summed E-state index contributed by atoms with van der Waals surface area (Å²) in [7, 11) is 0. The first-order valence-corrected chi connectivity index (χ1v) is 6.72. The maximum atomic E-state index is 6.17. The summed E-state index contributed by atoms with van der Waals surface area (Å²) in [6.45, 7) is 3.70. The monoisotopic (exact) mass is 233 g/mol. The van der Waals surface area contributed by atoms with Crippen LogP contribution in [0.5, 0.6) is 0 Å². The second-order valence-corrected chi connectivity index (χ2v) is 4.93. The lowest BCUT2D eigenvalue weighted by atomic mass is 9.74. The van der Waals surface area contributed by atoms with Crippen molar-refractivity contribution >= 4 is 0 Å². The standard InChI is InChI=1S/C15H23NO/c1-2-17-9-5-7-14(16)11-13-10-12-6-3-4-8-15(12)13/h3-4,6,8,13-14H,2,5,7,9-11,16H2,1H3. The van der Waals surface area contributed by atoms with E-state index in [1.807, 2.05) is 6.92 Å². The zero-order valence-electron chi connectivity index (χ0n) is 10.7. The van der Waals surface area contributed by atoms with Crippen molar-refractivity contribution in [3.8, 4) is 0 Å². The number of benzene rings is 1. The maximum Gasteiger partial charge on any atom is 0.0466 e. The molecule has 0 saturated carbocycles. The quantitative estimate of drug-likeness (QED) is 0.735. The fraction of sp³-hybridized carbons (Fsp3) is 0.600. The molecule has 2 unspecified atom stereocenters. The third-order valence-corrected chi connectivity index (χ3v) is 3.62. The molecule has 0 fully saturated rings. The van der Waals surface area contributed by atoms with E-state index in [9.17, 15) is 0 Å². The predicted octanol–water partition coefficient (Wildman–Crippen LogP) is 2.86. The Hall–Kier alpha value is -0.860. The van der Waals surface area contributed by atoms with E-state index in [1.54, 1.807) is 0 Å². The number of nitrogens with two attached hydrogens (primary N) is 1. The normalized spacial score (nSPS) is 19.5. The molecule has 2 nitrogen and oxygen atoms in total. The van der Waals surface area contributed by atoms with Crippen LogP contribution in [0.2, 0.25) is 0 Å². The van der Waals surface area contributed by atoms with Gasteiger partial charge in [0.2, 0.25) is 0 Å². The molecule has 2 rings (SSSR count). The van der Waals surface area contributed by atoms with Crippen LogP contribution in [0.15, 0.2) is 24.3 Å². The van der Waals surface area contributed by atoms with Gasteiger partial charge in [0, 0.05) is 19.3 Å². The number of hydrogen-bond donors (Lipinski definition) is 1. The Balaban J connectivity index is 1.69. The molecule has 0 heterocycles. The molecule has 0 saturated heterocycles. The molecule has 2 heteroatoms. The number of ether oxygens (including phenoxy) is 1. The van der Waals surface area contributed by atoms with Gasteiger partial charge >= 0.3 is 0 Å². The van der Waals surface area contributed by atoms with Crippen LogP contribution >= 0.6 is 0 Å². The van der Waals surface area contributed by atoms with Gasteiger partial charge in [0.15, 0.2) is 0 Å². The highest BCUT2D eigenvalue weighted by molar-refractivity contribution is 5.39. The Morgan fingerprint density at radius 1 is 1.41 bits per heavy atom. The van der Waals surface area contributed by atoms with E-state index in [1.165, 1.54) is 17.5 Å². The molecule has 2 atom stereocenters. The zero-order valence-corrected chi connectivity index (χ0v) is 10.7. The molecule has 0 bridgehead atoms. The zero-order chi connectivity index (χ0) is 12.1. The van der Waals surface area contributed by atoms with Crippen molar-refractivity contribution in [3.05, 3.63) is 35.4 Å². The fourth-order valence-corrected chi connectivity index (χ4v) is 2.65. The Morgan fingerprint density at radius 2 is 2.24 bits per heavy atom. The van der Waals surface area contributed by atoms with Gasteiger partial charge in [-0.1, -0.05) is 24.3 Å². The van der Waals surface area contributed by atoms with E-state index in [4.69, 9.17) is 10.5 Å². The molecule has 0 radical (unpaired) electrons. The molecule has 1 aliphatic carbocycles. The molecule has 17 heavy (non-hydrogen) atoms. The topological polar surface area (TPSA) is 35.2 Å². The fourth-order valence-electron chi connectivity index (χ4n) is 2.65. The molecule has 1 aliphatic rings. The lowest BCUT2D eigenvalue weighted by Gasteiger charge is -2.32. The average Bonchev–Trinajstić information content (AvgIpc) is 2.32.